The SMILES string of the molecule is O=C(CCCC(=O)OC(CCCl)C(=O)c1ccc(F)cc1)Nc1ccc(C(=O)OCC(=O)c2cccc([N+](=O)[O-])c2)cc1. The van der Waals surface area contributed by atoms with E-state index in [0.29, 0.717) is 5.69 Å². The fourth-order valence-corrected chi connectivity index (χ4v) is 3.96. The topological polar surface area (TPSA) is 159 Å². The van der Waals surface area contributed by atoms with Crippen molar-refractivity contribution < 1.29 is 42.8 Å². The molecule has 0 aliphatic rings. The number of hydrogen-bond donors (Lipinski definition) is 1. The van der Waals surface area contributed by atoms with Crippen LogP contribution in [0, 0.1) is 15.9 Å². The van der Waals surface area contributed by atoms with Gasteiger partial charge in [-0.3, -0.25) is 29.3 Å². The Labute approximate surface area is 250 Å². The number of alkyl halides is 1. The van der Waals surface area contributed by atoms with E-state index in [9.17, 15) is 38.5 Å². The molecule has 0 saturated carbocycles. The highest BCUT2D eigenvalue weighted by atomic mass is 35.5. The highest BCUT2D eigenvalue weighted by Crippen LogP contribution is 2.16. The zero-order valence-electron chi connectivity index (χ0n) is 22.6. The summed E-state index contributed by atoms with van der Waals surface area (Å²) in [4.78, 5) is 71.9. The van der Waals surface area contributed by atoms with Crippen molar-refractivity contribution >= 4 is 52.4 Å². The van der Waals surface area contributed by atoms with Gasteiger partial charge >= 0.3 is 11.9 Å². The van der Waals surface area contributed by atoms with Gasteiger partial charge < -0.3 is 14.8 Å². The Morgan fingerprint density at radius 3 is 2.23 bits per heavy atom. The van der Waals surface area contributed by atoms with Gasteiger partial charge in [0.2, 0.25) is 17.5 Å². The lowest BCUT2D eigenvalue weighted by Gasteiger charge is -2.16. The molecule has 3 rings (SSSR count). The number of nitro groups is 1. The highest BCUT2D eigenvalue weighted by Gasteiger charge is 2.24. The molecule has 0 aliphatic carbocycles. The molecule has 0 heterocycles. The Morgan fingerprint density at radius 1 is 0.907 bits per heavy atom. The Balaban J connectivity index is 1.42. The predicted molar refractivity (Wildman–Crippen MR) is 153 cm³/mol. The first-order valence-electron chi connectivity index (χ1n) is 13.0. The molecule has 1 N–H and O–H groups in total. The van der Waals surface area contributed by atoms with E-state index < -0.39 is 52.9 Å². The van der Waals surface area contributed by atoms with E-state index in [-0.39, 0.29) is 53.9 Å². The molecule has 3 aromatic carbocycles. The molecule has 1 amide bonds. The number of non-ortho nitro benzene ring substituents is 1. The van der Waals surface area contributed by atoms with E-state index in [1.807, 2.05) is 0 Å². The number of carbonyl (C=O) groups is 5. The van der Waals surface area contributed by atoms with Crippen LogP contribution in [-0.4, -0.2) is 52.9 Å². The average Bonchev–Trinajstić information content (AvgIpc) is 3.00. The molecule has 13 heteroatoms. The van der Waals surface area contributed by atoms with Crippen LogP contribution in [0.15, 0.2) is 72.8 Å². The number of esters is 2. The van der Waals surface area contributed by atoms with Gasteiger partial charge in [-0.2, -0.15) is 0 Å². The zero-order valence-corrected chi connectivity index (χ0v) is 23.4. The number of nitrogens with one attached hydrogen (secondary N) is 1. The van der Waals surface area contributed by atoms with E-state index in [0.717, 1.165) is 18.2 Å². The third kappa shape index (κ3) is 10.1. The molecule has 3 aromatic rings. The minimum atomic E-state index is -1.13. The standard InChI is InChI=1S/C30H26ClFN2O9/c31-16-15-26(29(38)19-7-11-22(32)12-8-19)43-28(37)6-2-5-27(36)33-23-13-9-20(10-14-23)30(39)42-18-25(35)21-3-1-4-24(17-21)34(40)41/h1,3-4,7-14,17,26H,2,5-6,15-16,18H2,(H,33,36). The van der Waals surface area contributed by atoms with Gasteiger partial charge in [-0.15, -0.1) is 11.6 Å². The third-order valence-corrected chi connectivity index (χ3v) is 6.19. The summed E-state index contributed by atoms with van der Waals surface area (Å²) in [6, 6.07) is 15.5. The normalized spacial score (nSPS) is 11.2. The number of ether oxygens (including phenoxy) is 2. The summed E-state index contributed by atoms with van der Waals surface area (Å²) in [6.07, 6.45) is -1.10. The second-order valence-corrected chi connectivity index (χ2v) is 9.49. The van der Waals surface area contributed by atoms with Crippen LogP contribution in [0.3, 0.4) is 0 Å². The molecule has 43 heavy (non-hydrogen) atoms. The van der Waals surface area contributed by atoms with Crippen molar-refractivity contribution in [1.29, 1.82) is 0 Å². The van der Waals surface area contributed by atoms with Gasteiger partial charge in [0, 0.05) is 54.1 Å². The van der Waals surface area contributed by atoms with E-state index in [1.165, 1.54) is 54.6 Å². The molecule has 224 valence electrons. The van der Waals surface area contributed by atoms with E-state index in [2.05, 4.69) is 5.32 Å². The van der Waals surface area contributed by atoms with E-state index in [1.54, 1.807) is 0 Å². The summed E-state index contributed by atoms with van der Waals surface area (Å²) in [5.74, 6) is -3.48. The minimum Gasteiger partial charge on any atom is -0.454 e. The lowest BCUT2D eigenvalue weighted by atomic mass is 10.0. The Kier molecular flexibility index (Phi) is 12.0. The maximum Gasteiger partial charge on any atom is 0.338 e. The largest absolute Gasteiger partial charge is 0.454 e. The molecule has 0 saturated heterocycles. The van der Waals surface area contributed by atoms with Crippen LogP contribution in [0.1, 0.15) is 56.8 Å². The van der Waals surface area contributed by atoms with Gasteiger partial charge in [0.15, 0.2) is 12.7 Å². The second-order valence-electron chi connectivity index (χ2n) is 9.11. The van der Waals surface area contributed by atoms with Crippen molar-refractivity contribution in [2.24, 2.45) is 0 Å². The smallest absolute Gasteiger partial charge is 0.338 e. The number of ketones is 2. The number of anilines is 1. The summed E-state index contributed by atoms with van der Waals surface area (Å²) in [6.45, 7) is -0.617. The van der Waals surface area contributed by atoms with Crippen LogP contribution >= 0.6 is 11.6 Å². The molecule has 11 nitrogen and oxygen atoms in total. The number of benzene rings is 3. The lowest BCUT2D eigenvalue weighted by Crippen LogP contribution is -2.28. The number of rotatable bonds is 15. The molecule has 0 aromatic heterocycles. The van der Waals surface area contributed by atoms with Crippen LogP contribution in [-0.2, 0) is 19.1 Å². The molecule has 0 radical (unpaired) electrons. The number of hydrogen-bond acceptors (Lipinski definition) is 9. The first-order chi connectivity index (χ1) is 20.6. The van der Waals surface area contributed by atoms with Crippen molar-refractivity contribution in [3.63, 3.8) is 0 Å². The van der Waals surface area contributed by atoms with Crippen molar-refractivity contribution in [2.45, 2.75) is 31.8 Å². The zero-order chi connectivity index (χ0) is 31.4. The number of carbonyl (C=O) groups excluding carboxylic acids is 5. The Morgan fingerprint density at radius 2 is 1.58 bits per heavy atom. The molecule has 0 aliphatic heterocycles. The molecular weight excluding hydrogens is 587 g/mol. The van der Waals surface area contributed by atoms with Crippen LogP contribution in [0.4, 0.5) is 15.8 Å². The first-order valence-corrected chi connectivity index (χ1v) is 13.5. The van der Waals surface area contributed by atoms with Crippen LogP contribution in [0.25, 0.3) is 0 Å². The van der Waals surface area contributed by atoms with Crippen LogP contribution in [0.2, 0.25) is 0 Å². The quantitative estimate of drug-likeness (QED) is 0.0789. The van der Waals surface area contributed by atoms with Gasteiger partial charge in [0.25, 0.3) is 5.69 Å². The van der Waals surface area contributed by atoms with Crippen molar-refractivity contribution in [3.8, 4) is 0 Å². The predicted octanol–water partition coefficient (Wildman–Crippen LogP) is 5.31. The van der Waals surface area contributed by atoms with Crippen LogP contribution in [0.5, 0.6) is 0 Å². The summed E-state index contributed by atoms with van der Waals surface area (Å²) >= 11 is 5.74. The maximum atomic E-state index is 13.1. The first kappa shape index (κ1) is 32.5. The highest BCUT2D eigenvalue weighted by molar-refractivity contribution is 6.18. The van der Waals surface area contributed by atoms with Gasteiger partial charge in [-0.1, -0.05) is 12.1 Å². The van der Waals surface area contributed by atoms with Crippen molar-refractivity contribution in [2.75, 3.05) is 17.8 Å². The molecule has 0 spiro atoms. The fourth-order valence-electron chi connectivity index (χ4n) is 3.76. The molecule has 0 fully saturated rings. The summed E-state index contributed by atoms with van der Waals surface area (Å²) in [5, 5.41) is 13.5. The van der Waals surface area contributed by atoms with E-state index >= 15 is 0 Å². The van der Waals surface area contributed by atoms with Gasteiger partial charge in [-0.25, -0.2) is 9.18 Å². The number of nitrogens with zero attached hydrogens (tertiary/aromatic N) is 1. The summed E-state index contributed by atoms with van der Waals surface area (Å²) < 4.78 is 23.4. The van der Waals surface area contributed by atoms with Gasteiger partial charge in [0.05, 0.1) is 10.5 Å². The minimum absolute atomic E-state index is 0.0295. The summed E-state index contributed by atoms with van der Waals surface area (Å²) in [7, 11) is 0. The van der Waals surface area contributed by atoms with Crippen molar-refractivity contribution in [3.05, 3.63) is 105 Å². The molecular formula is C30H26ClFN2O9. The maximum absolute atomic E-state index is 13.1. The Hall–Kier alpha value is -4.97. The Bertz CT molecular complexity index is 1490. The molecule has 1 unspecified atom stereocenters. The van der Waals surface area contributed by atoms with Crippen LogP contribution < -0.4 is 5.32 Å². The fraction of sp³-hybridized carbons (Fsp3) is 0.233. The average molecular weight is 613 g/mol. The number of halogens is 2. The molecule has 0 bridgehead atoms. The van der Waals surface area contributed by atoms with Gasteiger partial charge in [0.1, 0.15) is 5.82 Å². The lowest BCUT2D eigenvalue weighted by molar-refractivity contribution is -0.384. The number of Topliss-reactive ketones (excluding diaryl/α,β-unsaturated/α-hetero) is 2. The van der Waals surface area contributed by atoms with Crippen molar-refractivity contribution in [1.82, 2.24) is 0 Å². The van der Waals surface area contributed by atoms with E-state index in [4.69, 9.17) is 21.1 Å². The second kappa shape index (κ2) is 15.9. The van der Waals surface area contributed by atoms with Gasteiger partial charge in [-0.05, 0) is 55.0 Å². The monoisotopic (exact) mass is 612 g/mol. The number of nitro benzene ring substituents is 1. The molecule has 1 atom stereocenters. The summed E-state index contributed by atoms with van der Waals surface area (Å²) in [5.41, 5.74) is 0.414. The third-order valence-electron chi connectivity index (χ3n) is 5.97. The number of amides is 1.